The molecule has 59 heavy (non-hydrogen) atoms. The second-order valence-electron chi connectivity index (χ2n) is 14.3. The summed E-state index contributed by atoms with van der Waals surface area (Å²) in [5.41, 5.74) is 3.60. The molecule has 0 bridgehead atoms. The molecule has 8 rings (SSSR count). The number of alkyl halides is 4. The highest BCUT2D eigenvalue weighted by atomic mass is 19.3. The number of carbonyl (C=O) groups excluding carboxylic acids is 3. The number of nitrogens with one attached hydrogen (secondary N) is 5. The maximum absolute atomic E-state index is 13.3. The van der Waals surface area contributed by atoms with E-state index in [0.29, 0.717) is 54.6 Å². The molecule has 4 aromatic rings. The molecule has 2 saturated heterocycles. The fourth-order valence-corrected chi connectivity index (χ4v) is 6.92. The van der Waals surface area contributed by atoms with Crippen molar-refractivity contribution in [1.29, 1.82) is 0 Å². The summed E-state index contributed by atoms with van der Waals surface area (Å²) in [6.07, 6.45) is 9.44. The number of anilines is 2. The van der Waals surface area contributed by atoms with Crippen LogP contribution in [0.15, 0.2) is 36.9 Å². The molecule has 0 radical (unpaired) electrons. The van der Waals surface area contributed by atoms with Gasteiger partial charge in [0.05, 0.1) is 24.6 Å². The van der Waals surface area contributed by atoms with Crippen molar-refractivity contribution in [2.24, 2.45) is 11.8 Å². The van der Waals surface area contributed by atoms with Gasteiger partial charge in [-0.15, -0.1) is 0 Å². The Bertz CT molecular complexity index is 2090. The number of esters is 2. The van der Waals surface area contributed by atoms with Gasteiger partial charge in [0.25, 0.3) is 11.8 Å². The lowest BCUT2D eigenvalue weighted by molar-refractivity contribution is -0.141. The summed E-state index contributed by atoms with van der Waals surface area (Å²) in [6.45, 7) is 10.9. The number of amides is 1. The number of aromatic amines is 2. The fraction of sp³-hybridized carbons (Fsp3) is 0.550. The minimum Gasteiger partial charge on any atom is -0.481 e. The Balaban J connectivity index is 0.000000187. The van der Waals surface area contributed by atoms with Crippen LogP contribution in [0.2, 0.25) is 0 Å². The molecule has 6 heterocycles. The van der Waals surface area contributed by atoms with Gasteiger partial charge >= 0.3 is 17.9 Å². The number of aliphatic carboxylic acids is 1. The molecule has 1 amide bonds. The standard InChI is InChI=1S/C19H22F2N4O3.C15H20N4O2.C4H4F2O2.C2H6/c1-2-28-18(27)13-9-23-16-12(5-6-22-16)15(13)24-11-4-3-7-25(10-11)17(26)14-8-19(14,20)21;1-2-21-15(20)12-9-18-14-11(5-7-17-14)13(12)19-10-4-3-6-16-8-10;5-4(6)1-2(4)3(7)8;1-2/h5-6,9,11,14H,2-4,7-8,10H2,1H3,(H2,22,23,24);5,7,9-10,16H,2-4,6,8H2,1H3,(H2,17,18,19);2H,1H2,(H,7,8);1-2H3/t11-,14-;10-;2-;/m111./s1. The minimum atomic E-state index is -2.91. The normalized spacial score (nSPS) is 22.2. The summed E-state index contributed by atoms with van der Waals surface area (Å²) in [4.78, 5) is 62.6. The van der Waals surface area contributed by atoms with Gasteiger partial charge in [-0.2, -0.15) is 0 Å². The highest BCUT2D eigenvalue weighted by Gasteiger charge is 2.62. The number of carboxylic acids is 1. The van der Waals surface area contributed by atoms with Gasteiger partial charge in [0.1, 0.15) is 34.3 Å². The Kier molecular flexibility index (Phi) is 14.8. The molecule has 322 valence electrons. The molecule has 6 N–H and O–H groups in total. The number of ether oxygens (including phenoxy) is 2. The van der Waals surface area contributed by atoms with E-state index in [4.69, 9.17) is 14.6 Å². The third-order valence-electron chi connectivity index (χ3n) is 10.1. The maximum atomic E-state index is 13.3. The molecule has 2 saturated carbocycles. The van der Waals surface area contributed by atoms with Crippen LogP contribution >= 0.6 is 0 Å². The lowest BCUT2D eigenvalue weighted by Crippen LogP contribution is -2.46. The lowest BCUT2D eigenvalue weighted by atomic mass is 10.0. The molecule has 4 fully saturated rings. The molecular weight excluding hydrogens is 780 g/mol. The van der Waals surface area contributed by atoms with Crippen LogP contribution in [-0.4, -0.2) is 117 Å². The molecule has 2 aliphatic carbocycles. The van der Waals surface area contributed by atoms with Crippen molar-refractivity contribution < 1.29 is 51.3 Å². The number of halogens is 4. The van der Waals surface area contributed by atoms with E-state index in [1.54, 1.807) is 26.2 Å². The Morgan fingerprint density at radius 1 is 0.814 bits per heavy atom. The SMILES string of the molecule is CC.CCOC(=O)c1cnc2[nH]ccc2c1N[C@@H]1CCCN(C(=O)[C@H]2CC2(F)F)C1.CCOC(=O)c1cnc2[nH]ccc2c1N[C@@H]1CCCNC1.O=C(O)[C@H]1CC1(F)F. The van der Waals surface area contributed by atoms with Crippen molar-refractivity contribution in [2.45, 2.75) is 90.1 Å². The lowest BCUT2D eigenvalue weighted by Gasteiger charge is -2.34. The van der Waals surface area contributed by atoms with Crippen LogP contribution in [0.5, 0.6) is 0 Å². The summed E-state index contributed by atoms with van der Waals surface area (Å²) < 4.78 is 60.1. The fourth-order valence-electron chi connectivity index (χ4n) is 6.92. The predicted molar refractivity (Wildman–Crippen MR) is 212 cm³/mol. The van der Waals surface area contributed by atoms with Gasteiger partial charge in [0.15, 0.2) is 0 Å². The van der Waals surface area contributed by atoms with Gasteiger partial charge < -0.3 is 45.4 Å². The number of piperidine rings is 2. The van der Waals surface area contributed by atoms with Gasteiger partial charge in [-0.05, 0) is 58.2 Å². The van der Waals surface area contributed by atoms with Crippen LogP contribution in [0, 0.1) is 11.8 Å². The van der Waals surface area contributed by atoms with Gasteiger partial charge in [0, 0.05) is 80.1 Å². The van der Waals surface area contributed by atoms with E-state index < -0.39 is 47.9 Å². The average molecular weight is 833 g/mol. The smallest absolute Gasteiger partial charge is 0.341 e. The Morgan fingerprint density at radius 3 is 1.73 bits per heavy atom. The first-order valence-electron chi connectivity index (χ1n) is 20.0. The van der Waals surface area contributed by atoms with Crippen molar-refractivity contribution >= 4 is 57.3 Å². The second kappa shape index (κ2) is 19.5. The second-order valence-corrected chi connectivity index (χ2v) is 14.3. The average Bonchev–Trinajstić information content (AvgIpc) is 3.79. The van der Waals surface area contributed by atoms with E-state index >= 15 is 0 Å². The number of nitrogens with zero attached hydrogens (tertiary/aromatic N) is 3. The van der Waals surface area contributed by atoms with Gasteiger partial charge in [-0.25, -0.2) is 37.1 Å². The topological polar surface area (TPSA) is 204 Å². The largest absolute Gasteiger partial charge is 0.481 e. The molecule has 4 aliphatic rings. The number of fused-ring (bicyclic) bond motifs is 2. The summed E-state index contributed by atoms with van der Waals surface area (Å²) >= 11 is 0. The van der Waals surface area contributed by atoms with Crippen molar-refractivity contribution in [1.82, 2.24) is 30.2 Å². The zero-order valence-corrected chi connectivity index (χ0v) is 33.5. The molecule has 0 spiro atoms. The van der Waals surface area contributed by atoms with Crippen LogP contribution in [0.4, 0.5) is 28.9 Å². The number of pyridine rings is 2. The first kappa shape index (κ1) is 44.6. The van der Waals surface area contributed by atoms with Crippen molar-refractivity contribution in [2.75, 3.05) is 50.0 Å². The van der Waals surface area contributed by atoms with Crippen LogP contribution in [0.3, 0.4) is 0 Å². The molecular formula is C40H52F4N8O7. The van der Waals surface area contributed by atoms with E-state index in [1.165, 1.54) is 11.1 Å². The predicted octanol–water partition coefficient (Wildman–Crippen LogP) is 6.45. The Morgan fingerprint density at radius 2 is 1.31 bits per heavy atom. The summed E-state index contributed by atoms with van der Waals surface area (Å²) in [5, 5.41) is 19.8. The van der Waals surface area contributed by atoms with Crippen molar-refractivity contribution in [3.63, 3.8) is 0 Å². The Labute approximate surface area is 338 Å². The van der Waals surface area contributed by atoms with E-state index in [0.717, 1.165) is 54.5 Å². The molecule has 19 heteroatoms. The molecule has 15 nitrogen and oxygen atoms in total. The van der Waals surface area contributed by atoms with E-state index in [-0.39, 0.29) is 25.0 Å². The first-order chi connectivity index (χ1) is 28.2. The quantitative estimate of drug-likeness (QED) is 0.0754. The Hall–Kier alpha value is -5.46. The number of H-pyrrole nitrogens is 2. The third kappa shape index (κ3) is 11.0. The summed E-state index contributed by atoms with van der Waals surface area (Å²) in [7, 11) is 0. The number of likely N-dealkylation sites (tertiary alicyclic amines) is 1. The summed E-state index contributed by atoms with van der Waals surface area (Å²) in [5.74, 6) is -11.1. The van der Waals surface area contributed by atoms with Crippen LogP contribution in [0.1, 0.15) is 86.9 Å². The molecule has 2 aliphatic heterocycles. The van der Waals surface area contributed by atoms with Gasteiger partial charge in [0.2, 0.25) is 5.91 Å². The first-order valence-corrected chi connectivity index (χ1v) is 20.0. The minimum absolute atomic E-state index is 0.154. The maximum Gasteiger partial charge on any atom is 0.341 e. The van der Waals surface area contributed by atoms with Gasteiger partial charge in [-0.3, -0.25) is 9.59 Å². The highest BCUT2D eigenvalue weighted by molar-refractivity contribution is 6.05. The molecule has 4 aromatic heterocycles. The zero-order valence-electron chi connectivity index (χ0n) is 33.5. The number of carbonyl (C=O) groups is 4. The zero-order chi connectivity index (χ0) is 42.9. The van der Waals surface area contributed by atoms with E-state index in [9.17, 15) is 36.7 Å². The number of rotatable bonds is 10. The van der Waals surface area contributed by atoms with Crippen LogP contribution in [0.25, 0.3) is 22.1 Å². The van der Waals surface area contributed by atoms with Gasteiger partial charge in [-0.1, -0.05) is 13.8 Å². The molecule has 4 atom stereocenters. The molecule has 0 aromatic carbocycles. The number of aromatic nitrogens is 4. The molecule has 0 unspecified atom stereocenters. The van der Waals surface area contributed by atoms with Crippen molar-refractivity contribution in [3.8, 4) is 0 Å². The summed E-state index contributed by atoms with van der Waals surface area (Å²) in [6, 6.07) is 3.90. The number of carboxylic acid groups (broad SMARTS) is 1. The third-order valence-corrected chi connectivity index (χ3v) is 10.1. The number of hydrogen-bond donors (Lipinski definition) is 6. The van der Waals surface area contributed by atoms with E-state index in [1.807, 2.05) is 32.2 Å². The van der Waals surface area contributed by atoms with Crippen molar-refractivity contribution in [3.05, 3.63) is 48.0 Å². The van der Waals surface area contributed by atoms with Crippen LogP contribution < -0.4 is 16.0 Å². The highest BCUT2D eigenvalue weighted by Crippen LogP contribution is 2.50. The van der Waals surface area contributed by atoms with E-state index in [2.05, 4.69) is 35.9 Å². The van der Waals surface area contributed by atoms with Crippen LogP contribution in [-0.2, 0) is 19.1 Å². The monoisotopic (exact) mass is 832 g/mol. The number of hydrogen-bond acceptors (Lipinski definition) is 11.